The summed E-state index contributed by atoms with van der Waals surface area (Å²) in [5.41, 5.74) is 1.75. The molecule has 3 N–H and O–H groups in total. The summed E-state index contributed by atoms with van der Waals surface area (Å²) in [6, 6.07) is 10.9. The fourth-order valence-corrected chi connectivity index (χ4v) is 3.08. The van der Waals surface area contributed by atoms with Gasteiger partial charge in [0.15, 0.2) is 0 Å². The van der Waals surface area contributed by atoms with Crippen molar-refractivity contribution in [1.29, 1.82) is 0 Å². The minimum atomic E-state index is -0.714. The molecule has 0 spiro atoms. The van der Waals surface area contributed by atoms with E-state index in [1.807, 2.05) is 24.3 Å². The summed E-state index contributed by atoms with van der Waals surface area (Å²) < 4.78 is 2.21. The number of aliphatic hydroxyl groups excluding tert-OH is 1. The standard InChI is InChI=1S/C16H16ClN5O2S/c17-15-6-5-14(25-15)16(24)19-10-13(23)9-18-11-1-3-12(4-2-11)22-8-7-20-21-22/h1-8,13,18,23H,9-10H2,(H,19,24). The van der Waals surface area contributed by atoms with Crippen molar-refractivity contribution in [2.24, 2.45) is 0 Å². The van der Waals surface area contributed by atoms with Gasteiger partial charge in [-0.15, -0.1) is 16.4 Å². The largest absolute Gasteiger partial charge is 0.389 e. The zero-order valence-electron chi connectivity index (χ0n) is 13.1. The summed E-state index contributed by atoms with van der Waals surface area (Å²) in [7, 11) is 0. The predicted octanol–water partition coefficient (Wildman–Crippen LogP) is 2.18. The Labute approximate surface area is 153 Å². The van der Waals surface area contributed by atoms with Crippen LogP contribution >= 0.6 is 22.9 Å². The first-order valence-electron chi connectivity index (χ1n) is 7.54. The summed E-state index contributed by atoms with van der Waals surface area (Å²) in [6.45, 7) is 0.465. The Morgan fingerprint density at radius 2 is 2.04 bits per heavy atom. The van der Waals surface area contributed by atoms with Crippen molar-refractivity contribution in [2.45, 2.75) is 6.10 Å². The van der Waals surface area contributed by atoms with Crippen LogP contribution in [0.2, 0.25) is 4.34 Å². The van der Waals surface area contributed by atoms with Gasteiger partial charge in [0.2, 0.25) is 0 Å². The molecule has 3 aromatic rings. The van der Waals surface area contributed by atoms with E-state index in [-0.39, 0.29) is 12.5 Å². The maximum absolute atomic E-state index is 11.9. The van der Waals surface area contributed by atoms with E-state index in [0.29, 0.717) is 15.8 Å². The topological polar surface area (TPSA) is 92.1 Å². The predicted molar refractivity (Wildman–Crippen MR) is 97.5 cm³/mol. The summed E-state index contributed by atoms with van der Waals surface area (Å²) in [5, 5.41) is 23.5. The van der Waals surface area contributed by atoms with E-state index in [4.69, 9.17) is 11.6 Å². The first-order chi connectivity index (χ1) is 12.1. The number of hydrogen-bond donors (Lipinski definition) is 3. The van der Waals surface area contributed by atoms with Crippen molar-refractivity contribution in [1.82, 2.24) is 20.3 Å². The molecule has 7 nitrogen and oxygen atoms in total. The Bertz CT molecular complexity index is 819. The summed E-state index contributed by atoms with van der Waals surface area (Å²) in [5.74, 6) is -0.242. The molecule has 3 rings (SSSR count). The third kappa shape index (κ3) is 4.79. The van der Waals surface area contributed by atoms with E-state index in [1.165, 1.54) is 11.3 Å². The monoisotopic (exact) mass is 377 g/mol. The highest BCUT2D eigenvalue weighted by Gasteiger charge is 2.11. The normalized spacial score (nSPS) is 11.9. The van der Waals surface area contributed by atoms with Crippen LogP contribution in [0.25, 0.3) is 5.69 Å². The molecule has 0 aliphatic carbocycles. The zero-order valence-corrected chi connectivity index (χ0v) is 14.7. The minimum absolute atomic E-state index is 0.151. The van der Waals surface area contributed by atoms with Gasteiger partial charge in [-0.3, -0.25) is 4.79 Å². The maximum atomic E-state index is 11.9. The van der Waals surface area contributed by atoms with E-state index in [2.05, 4.69) is 20.9 Å². The van der Waals surface area contributed by atoms with Gasteiger partial charge >= 0.3 is 0 Å². The Morgan fingerprint density at radius 1 is 1.24 bits per heavy atom. The quantitative estimate of drug-likeness (QED) is 0.587. The molecule has 1 unspecified atom stereocenters. The van der Waals surface area contributed by atoms with Crippen LogP contribution in [0.5, 0.6) is 0 Å². The third-order valence-electron chi connectivity index (χ3n) is 3.39. The van der Waals surface area contributed by atoms with Crippen LogP contribution in [0, 0.1) is 0 Å². The van der Waals surface area contributed by atoms with Crippen molar-refractivity contribution in [3.8, 4) is 5.69 Å². The van der Waals surface area contributed by atoms with Crippen molar-refractivity contribution in [2.75, 3.05) is 18.4 Å². The molecule has 9 heteroatoms. The number of hydrogen-bond acceptors (Lipinski definition) is 6. The molecule has 0 bridgehead atoms. The van der Waals surface area contributed by atoms with Crippen molar-refractivity contribution >= 4 is 34.5 Å². The second-order valence-electron chi connectivity index (χ2n) is 5.24. The molecule has 0 saturated carbocycles. The van der Waals surface area contributed by atoms with Gasteiger partial charge in [-0.05, 0) is 36.4 Å². The Kier molecular flexibility index (Phi) is 5.64. The number of nitrogens with one attached hydrogen (secondary N) is 2. The zero-order chi connectivity index (χ0) is 17.6. The van der Waals surface area contributed by atoms with Crippen LogP contribution in [0.3, 0.4) is 0 Å². The van der Waals surface area contributed by atoms with Gasteiger partial charge in [-0.2, -0.15) is 0 Å². The SMILES string of the molecule is O=C(NCC(O)CNc1ccc(-n2ccnn2)cc1)c1ccc(Cl)s1. The Hall–Kier alpha value is -2.42. The lowest BCUT2D eigenvalue weighted by Crippen LogP contribution is -2.35. The van der Waals surface area contributed by atoms with Gasteiger partial charge in [-0.1, -0.05) is 16.8 Å². The molecular weight excluding hydrogens is 362 g/mol. The highest BCUT2D eigenvalue weighted by atomic mass is 35.5. The van der Waals surface area contributed by atoms with E-state index >= 15 is 0 Å². The second-order valence-corrected chi connectivity index (χ2v) is 6.96. The van der Waals surface area contributed by atoms with E-state index in [1.54, 1.807) is 29.2 Å². The number of nitrogens with zero attached hydrogens (tertiary/aromatic N) is 3. The number of carbonyl (C=O) groups excluding carboxylic acids is 1. The Balaban J connectivity index is 1.44. The van der Waals surface area contributed by atoms with Crippen molar-refractivity contribution < 1.29 is 9.90 Å². The number of aromatic nitrogens is 3. The van der Waals surface area contributed by atoms with Crippen LogP contribution in [-0.2, 0) is 0 Å². The summed E-state index contributed by atoms with van der Waals surface area (Å²) in [4.78, 5) is 12.4. The molecule has 1 atom stereocenters. The van der Waals surface area contributed by atoms with Gasteiger partial charge in [0.1, 0.15) is 0 Å². The van der Waals surface area contributed by atoms with Crippen molar-refractivity contribution in [3.63, 3.8) is 0 Å². The first-order valence-corrected chi connectivity index (χ1v) is 8.73. The van der Waals surface area contributed by atoms with Gasteiger partial charge < -0.3 is 15.7 Å². The van der Waals surface area contributed by atoms with Crippen LogP contribution in [-0.4, -0.2) is 45.2 Å². The highest BCUT2D eigenvalue weighted by molar-refractivity contribution is 7.17. The number of benzene rings is 1. The van der Waals surface area contributed by atoms with Crippen LogP contribution in [0.15, 0.2) is 48.8 Å². The highest BCUT2D eigenvalue weighted by Crippen LogP contribution is 2.21. The number of rotatable bonds is 7. The first kappa shape index (κ1) is 17.4. The van der Waals surface area contributed by atoms with Crippen LogP contribution in [0.1, 0.15) is 9.67 Å². The van der Waals surface area contributed by atoms with E-state index in [0.717, 1.165) is 11.4 Å². The Morgan fingerprint density at radius 3 is 2.68 bits per heavy atom. The van der Waals surface area contributed by atoms with E-state index < -0.39 is 6.10 Å². The molecule has 0 aliphatic rings. The average molecular weight is 378 g/mol. The number of aliphatic hydroxyl groups is 1. The van der Waals surface area contributed by atoms with Crippen LogP contribution in [0.4, 0.5) is 5.69 Å². The van der Waals surface area contributed by atoms with Gasteiger partial charge in [0.25, 0.3) is 5.91 Å². The van der Waals surface area contributed by atoms with Gasteiger partial charge in [-0.25, -0.2) is 4.68 Å². The maximum Gasteiger partial charge on any atom is 0.261 e. The number of thiophene rings is 1. The third-order valence-corrected chi connectivity index (χ3v) is 4.62. The summed E-state index contributed by atoms with van der Waals surface area (Å²) >= 11 is 7.00. The molecule has 130 valence electrons. The molecule has 25 heavy (non-hydrogen) atoms. The lowest BCUT2D eigenvalue weighted by atomic mass is 10.2. The lowest BCUT2D eigenvalue weighted by molar-refractivity contribution is 0.0926. The second kappa shape index (κ2) is 8.11. The molecule has 0 saturated heterocycles. The van der Waals surface area contributed by atoms with Crippen LogP contribution < -0.4 is 10.6 Å². The number of amides is 1. The fraction of sp³-hybridized carbons (Fsp3) is 0.188. The molecule has 0 radical (unpaired) electrons. The average Bonchev–Trinajstić information content (AvgIpc) is 3.30. The smallest absolute Gasteiger partial charge is 0.261 e. The molecule has 0 fully saturated rings. The molecule has 1 aromatic carbocycles. The molecule has 0 aliphatic heterocycles. The minimum Gasteiger partial charge on any atom is -0.389 e. The molecule has 2 heterocycles. The van der Waals surface area contributed by atoms with Gasteiger partial charge in [0, 0.05) is 18.8 Å². The number of anilines is 1. The fourth-order valence-electron chi connectivity index (χ4n) is 2.12. The van der Waals surface area contributed by atoms with Gasteiger partial charge in [0.05, 0.1) is 33.4 Å². The molecule has 1 amide bonds. The number of carbonyl (C=O) groups is 1. The van der Waals surface area contributed by atoms with Crippen molar-refractivity contribution in [3.05, 3.63) is 58.0 Å². The number of halogens is 1. The lowest BCUT2D eigenvalue weighted by Gasteiger charge is -2.13. The van der Waals surface area contributed by atoms with E-state index in [9.17, 15) is 9.90 Å². The molecule has 2 aromatic heterocycles. The molecular formula is C16H16ClN5O2S. The summed E-state index contributed by atoms with van der Waals surface area (Å²) in [6.07, 6.45) is 2.66.